The van der Waals surface area contributed by atoms with Gasteiger partial charge in [0.1, 0.15) is 30.3 Å². The van der Waals surface area contributed by atoms with E-state index in [-0.39, 0.29) is 12.1 Å². The van der Waals surface area contributed by atoms with Gasteiger partial charge in [-0.1, -0.05) is 31.8 Å². The molecule has 5 rings (SSSR count). The molecule has 2 aliphatic rings. The molecule has 42 heavy (non-hydrogen) atoms. The average molecular weight is 594 g/mol. The molecule has 226 valence electrons. The Morgan fingerprint density at radius 3 is 2.67 bits per heavy atom. The maximum atomic E-state index is 11.7. The van der Waals surface area contributed by atoms with Gasteiger partial charge in [-0.2, -0.15) is 0 Å². The van der Waals surface area contributed by atoms with Crippen molar-refractivity contribution in [1.29, 1.82) is 0 Å². The quantitative estimate of drug-likeness (QED) is 0.244. The lowest BCUT2D eigenvalue weighted by atomic mass is 10.0. The van der Waals surface area contributed by atoms with Crippen molar-refractivity contribution >= 4 is 42.4 Å². The van der Waals surface area contributed by atoms with Crippen LogP contribution >= 0.6 is 0 Å². The number of anilines is 2. The van der Waals surface area contributed by atoms with Crippen LogP contribution in [0.5, 0.6) is 0 Å². The molecule has 12 heteroatoms. The van der Waals surface area contributed by atoms with E-state index in [4.69, 9.17) is 14.5 Å². The van der Waals surface area contributed by atoms with E-state index < -0.39 is 14.2 Å². The SMILES string of the molecule is C[C@@H]1CN(c2cccc(CNc3ncnc4c3c(C3=CCCOC3)cn4COCC[Si](C)(C)C)n2)C[C@H](C)N1C(=O)O. The number of rotatable bonds is 10. The monoisotopic (exact) mass is 593 g/mol. The van der Waals surface area contributed by atoms with Crippen LogP contribution in [0.1, 0.15) is 31.5 Å². The van der Waals surface area contributed by atoms with Crippen LogP contribution in [-0.2, 0) is 22.7 Å². The molecule has 1 amide bonds. The van der Waals surface area contributed by atoms with Crippen molar-refractivity contribution in [2.45, 2.75) is 71.3 Å². The van der Waals surface area contributed by atoms with Gasteiger partial charge in [0.05, 0.1) is 42.9 Å². The first-order valence-corrected chi connectivity index (χ1v) is 18.5. The molecule has 0 radical (unpaired) electrons. The van der Waals surface area contributed by atoms with Gasteiger partial charge in [-0.05, 0) is 44.0 Å². The van der Waals surface area contributed by atoms with E-state index in [0.717, 1.165) is 65.2 Å². The number of hydrogen-bond donors (Lipinski definition) is 2. The summed E-state index contributed by atoms with van der Waals surface area (Å²) in [5.74, 6) is 1.59. The number of nitrogens with zero attached hydrogens (tertiary/aromatic N) is 6. The molecule has 0 saturated carbocycles. The summed E-state index contributed by atoms with van der Waals surface area (Å²) in [5.41, 5.74) is 3.88. The number of amides is 1. The second-order valence-electron chi connectivity index (χ2n) is 12.5. The summed E-state index contributed by atoms with van der Waals surface area (Å²) in [5, 5.41) is 14.0. The third kappa shape index (κ3) is 6.93. The molecular formula is C30H43N7O4Si. The Balaban J connectivity index is 1.36. The van der Waals surface area contributed by atoms with Crippen LogP contribution in [0.4, 0.5) is 16.4 Å². The zero-order valence-electron chi connectivity index (χ0n) is 25.3. The minimum absolute atomic E-state index is 0.121. The molecule has 3 aromatic heterocycles. The van der Waals surface area contributed by atoms with Gasteiger partial charge in [0.2, 0.25) is 0 Å². The average Bonchev–Trinajstić information content (AvgIpc) is 3.33. The molecule has 1 fully saturated rings. The van der Waals surface area contributed by atoms with Gasteiger partial charge in [0.25, 0.3) is 0 Å². The summed E-state index contributed by atoms with van der Waals surface area (Å²) in [7, 11) is -1.18. The summed E-state index contributed by atoms with van der Waals surface area (Å²) in [4.78, 5) is 29.6. The number of hydrogen-bond acceptors (Lipinski definition) is 8. The zero-order valence-corrected chi connectivity index (χ0v) is 26.3. The Kier molecular flexibility index (Phi) is 9.14. The maximum Gasteiger partial charge on any atom is 0.407 e. The Morgan fingerprint density at radius 2 is 1.98 bits per heavy atom. The fourth-order valence-electron chi connectivity index (χ4n) is 5.69. The standard InChI is InChI=1S/C30H43N7O4Si/c1-21-15-35(16-22(2)37(21)30(38)39)26-10-6-9-24(34-26)14-31-28-27-25(23-8-7-11-40-18-23)17-36(29(27)33-19-32-28)20-41-12-13-42(3,4)5/h6,8-10,17,19,21-22H,7,11-16,18,20H2,1-5H3,(H,38,39)(H,31,32,33)/t21-,22+. The fourth-order valence-corrected chi connectivity index (χ4v) is 6.45. The summed E-state index contributed by atoms with van der Waals surface area (Å²) in [6.45, 7) is 15.1. The van der Waals surface area contributed by atoms with Crippen LogP contribution in [0, 0.1) is 0 Å². The lowest BCUT2D eigenvalue weighted by molar-refractivity contribution is 0.0898. The minimum atomic E-state index is -1.18. The predicted octanol–water partition coefficient (Wildman–Crippen LogP) is 5.13. The van der Waals surface area contributed by atoms with Crippen molar-refractivity contribution in [2.75, 3.05) is 43.1 Å². The van der Waals surface area contributed by atoms with Gasteiger partial charge in [-0.15, -0.1) is 0 Å². The van der Waals surface area contributed by atoms with E-state index in [1.54, 1.807) is 6.33 Å². The second-order valence-corrected chi connectivity index (χ2v) is 18.1. The van der Waals surface area contributed by atoms with Crippen molar-refractivity contribution in [3.05, 3.63) is 48.1 Å². The second kappa shape index (κ2) is 12.8. The van der Waals surface area contributed by atoms with E-state index in [2.05, 4.69) is 56.7 Å². The number of carboxylic acid groups (broad SMARTS) is 1. The van der Waals surface area contributed by atoms with Crippen LogP contribution in [0.25, 0.3) is 16.6 Å². The number of aromatic nitrogens is 4. The fraction of sp³-hybridized carbons (Fsp3) is 0.533. The highest BCUT2D eigenvalue weighted by atomic mass is 28.3. The first kappa shape index (κ1) is 30.0. The summed E-state index contributed by atoms with van der Waals surface area (Å²) < 4.78 is 13.9. The Morgan fingerprint density at radius 1 is 1.19 bits per heavy atom. The smallest absolute Gasteiger partial charge is 0.407 e. The number of ether oxygens (including phenoxy) is 2. The van der Waals surface area contributed by atoms with Gasteiger partial charge in [0, 0.05) is 39.5 Å². The predicted molar refractivity (Wildman–Crippen MR) is 168 cm³/mol. The number of fused-ring (bicyclic) bond motifs is 1. The van der Waals surface area contributed by atoms with Gasteiger partial charge >= 0.3 is 6.09 Å². The third-order valence-corrected chi connectivity index (χ3v) is 9.53. The van der Waals surface area contributed by atoms with Gasteiger partial charge in [-0.25, -0.2) is 19.7 Å². The minimum Gasteiger partial charge on any atom is -0.465 e. The molecule has 2 atom stereocenters. The molecule has 0 bridgehead atoms. The number of nitrogens with one attached hydrogen (secondary N) is 1. The molecule has 1 saturated heterocycles. The first-order chi connectivity index (χ1) is 20.1. The van der Waals surface area contributed by atoms with Crippen LogP contribution in [0.15, 0.2) is 36.8 Å². The Hall–Kier alpha value is -3.48. The maximum absolute atomic E-state index is 11.7. The van der Waals surface area contributed by atoms with Crippen molar-refractivity contribution in [3.8, 4) is 0 Å². The van der Waals surface area contributed by atoms with E-state index in [9.17, 15) is 9.90 Å². The van der Waals surface area contributed by atoms with E-state index in [1.807, 2.05) is 32.0 Å². The van der Waals surface area contributed by atoms with Gasteiger partial charge in [0.15, 0.2) is 0 Å². The first-order valence-electron chi connectivity index (χ1n) is 14.8. The molecule has 0 aromatic carbocycles. The van der Waals surface area contributed by atoms with Crippen molar-refractivity contribution in [1.82, 2.24) is 24.4 Å². The molecule has 0 aliphatic carbocycles. The molecule has 2 N–H and O–H groups in total. The number of pyridine rings is 1. The number of carbonyl (C=O) groups is 1. The Labute approximate surface area is 248 Å². The summed E-state index contributed by atoms with van der Waals surface area (Å²) in [6, 6.07) is 6.84. The van der Waals surface area contributed by atoms with E-state index in [0.29, 0.717) is 33.0 Å². The van der Waals surface area contributed by atoms with Gasteiger partial charge < -0.3 is 29.4 Å². The zero-order chi connectivity index (χ0) is 29.9. The molecule has 0 unspecified atom stereocenters. The Bertz CT molecular complexity index is 1420. The van der Waals surface area contributed by atoms with E-state index in [1.165, 1.54) is 4.90 Å². The van der Waals surface area contributed by atoms with Crippen LogP contribution < -0.4 is 10.2 Å². The summed E-state index contributed by atoms with van der Waals surface area (Å²) >= 11 is 0. The van der Waals surface area contributed by atoms with Crippen LogP contribution in [0.2, 0.25) is 25.7 Å². The van der Waals surface area contributed by atoms with E-state index >= 15 is 0 Å². The van der Waals surface area contributed by atoms with Crippen molar-refractivity contribution in [3.63, 3.8) is 0 Å². The van der Waals surface area contributed by atoms with Crippen molar-refractivity contribution in [2.24, 2.45) is 0 Å². The molecular weight excluding hydrogens is 550 g/mol. The largest absolute Gasteiger partial charge is 0.465 e. The molecule has 11 nitrogen and oxygen atoms in total. The lowest BCUT2D eigenvalue weighted by Crippen LogP contribution is -2.58. The van der Waals surface area contributed by atoms with Crippen molar-refractivity contribution < 1.29 is 19.4 Å². The third-order valence-electron chi connectivity index (χ3n) is 7.83. The number of piperazine rings is 1. The molecule has 0 spiro atoms. The topological polar surface area (TPSA) is 118 Å². The highest BCUT2D eigenvalue weighted by molar-refractivity contribution is 6.76. The highest BCUT2D eigenvalue weighted by Crippen LogP contribution is 2.33. The highest BCUT2D eigenvalue weighted by Gasteiger charge is 2.33. The van der Waals surface area contributed by atoms with Crippen LogP contribution in [0.3, 0.4) is 0 Å². The molecule has 3 aromatic rings. The summed E-state index contributed by atoms with van der Waals surface area (Å²) in [6.07, 6.45) is 5.94. The molecule has 5 heterocycles. The van der Waals surface area contributed by atoms with Gasteiger partial charge in [-0.3, -0.25) is 4.90 Å². The lowest BCUT2D eigenvalue weighted by Gasteiger charge is -2.43. The normalized spacial score (nSPS) is 19.7. The molecule has 2 aliphatic heterocycles. The van der Waals surface area contributed by atoms with Crippen LogP contribution in [-0.4, -0.2) is 88.7 Å².